The molecule has 1 aromatic carbocycles. The summed E-state index contributed by atoms with van der Waals surface area (Å²) in [4.78, 5) is 0. The van der Waals surface area contributed by atoms with Crippen molar-refractivity contribution in [1.29, 1.82) is 0 Å². The van der Waals surface area contributed by atoms with Crippen LogP contribution in [0.1, 0.15) is 38.2 Å². The second-order valence-electron chi connectivity index (χ2n) is 4.58. The first-order valence-corrected chi connectivity index (χ1v) is 6.63. The van der Waals surface area contributed by atoms with Crippen LogP contribution in [-0.4, -0.2) is 19.7 Å². The number of unbranched alkanes of at least 4 members (excludes halogenated alkanes) is 1. The van der Waals surface area contributed by atoms with E-state index < -0.39 is 0 Å². The molecule has 2 heteroatoms. The van der Waals surface area contributed by atoms with E-state index in [1.165, 1.54) is 24.8 Å². The van der Waals surface area contributed by atoms with E-state index in [1.807, 2.05) is 19.2 Å². The van der Waals surface area contributed by atoms with Gasteiger partial charge in [0.15, 0.2) is 0 Å². The zero-order chi connectivity index (χ0) is 12.5. The van der Waals surface area contributed by atoms with Gasteiger partial charge in [0.1, 0.15) is 5.75 Å². The summed E-state index contributed by atoms with van der Waals surface area (Å²) in [5.41, 5.74) is 1.25. The van der Waals surface area contributed by atoms with E-state index in [-0.39, 0.29) is 0 Å². The number of hydrogen-bond donors (Lipinski definition) is 1. The van der Waals surface area contributed by atoms with Crippen LogP contribution >= 0.6 is 0 Å². The molecule has 0 heterocycles. The van der Waals surface area contributed by atoms with Gasteiger partial charge in [0.05, 0.1) is 6.61 Å². The van der Waals surface area contributed by atoms with Gasteiger partial charge in [0.2, 0.25) is 0 Å². The molecule has 0 aliphatic carbocycles. The van der Waals surface area contributed by atoms with Crippen molar-refractivity contribution in [3.05, 3.63) is 29.8 Å². The Labute approximate surface area is 105 Å². The fraction of sp³-hybridized carbons (Fsp3) is 0.600. The molecule has 2 nitrogen and oxygen atoms in total. The van der Waals surface area contributed by atoms with Crippen LogP contribution in [-0.2, 0) is 0 Å². The van der Waals surface area contributed by atoms with Gasteiger partial charge in [-0.15, -0.1) is 0 Å². The molecular formula is C15H25NO. The average molecular weight is 235 g/mol. The minimum atomic E-state index is 0.583. The molecule has 0 spiro atoms. The molecule has 0 radical (unpaired) electrons. The monoisotopic (exact) mass is 235 g/mol. The average Bonchev–Trinajstić information content (AvgIpc) is 2.33. The highest BCUT2D eigenvalue weighted by atomic mass is 16.5. The van der Waals surface area contributed by atoms with Gasteiger partial charge >= 0.3 is 0 Å². The van der Waals surface area contributed by atoms with Gasteiger partial charge in [-0.2, -0.15) is 0 Å². The first-order chi connectivity index (χ1) is 8.26. The molecule has 0 aliphatic heterocycles. The highest BCUT2D eigenvalue weighted by Gasteiger charge is 2.05. The molecular weight excluding hydrogens is 210 g/mol. The summed E-state index contributed by atoms with van der Waals surface area (Å²) in [7, 11) is 2.03. The van der Waals surface area contributed by atoms with E-state index in [2.05, 4.69) is 31.3 Å². The molecule has 0 aliphatic rings. The van der Waals surface area contributed by atoms with Crippen molar-refractivity contribution in [2.45, 2.75) is 45.6 Å². The fourth-order valence-electron chi connectivity index (χ4n) is 1.91. The first-order valence-electron chi connectivity index (χ1n) is 6.63. The molecule has 1 N–H and O–H groups in total. The van der Waals surface area contributed by atoms with Crippen LogP contribution in [0.2, 0.25) is 0 Å². The highest BCUT2D eigenvalue weighted by molar-refractivity contribution is 5.27. The number of ether oxygens (including phenoxy) is 1. The van der Waals surface area contributed by atoms with Gasteiger partial charge in [-0.05, 0) is 44.5 Å². The Balaban J connectivity index is 2.26. The molecule has 1 rings (SSSR count). The zero-order valence-corrected chi connectivity index (χ0v) is 11.3. The third kappa shape index (κ3) is 5.73. The summed E-state index contributed by atoms with van der Waals surface area (Å²) in [5, 5.41) is 3.35. The predicted molar refractivity (Wildman–Crippen MR) is 73.7 cm³/mol. The molecule has 1 unspecified atom stereocenters. The summed E-state index contributed by atoms with van der Waals surface area (Å²) in [6.45, 7) is 5.11. The molecule has 0 aromatic heterocycles. The van der Waals surface area contributed by atoms with E-state index in [0.717, 1.165) is 18.8 Å². The maximum Gasteiger partial charge on any atom is 0.119 e. The molecule has 1 aromatic rings. The van der Waals surface area contributed by atoms with E-state index >= 15 is 0 Å². The Morgan fingerprint density at radius 1 is 1.29 bits per heavy atom. The lowest BCUT2D eigenvalue weighted by Crippen LogP contribution is -2.27. The molecule has 1 atom stereocenters. The lowest BCUT2D eigenvalue weighted by Gasteiger charge is -2.16. The third-order valence-electron chi connectivity index (χ3n) is 3.04. The van der Waals surface area contributed by atoms with E-state index in [1.54, 1.807) is 0 Å². The normalized spacial score (nSPS) is 12.4. The summed E-state index contributed by atoms with van der Waals surface area (Å²) in [6, 6.07) is 8.81. The minimum Gasteiger partial charge on any atom is -0.494 e. The minimum absolute atomic E-state index is 0.583. The SMILES string of the molecule is CCCCC(CCOc1cccc(C)c1)NC. The molecule has 0 saturated carbocycles. The van der Waals surface area contributed by atoms with E-state index in [9.17, 15) is 0 Å². The summed E-state index contributed by atoms with van der Waals surface area (Å²) in [5.74, 6) is 0.982. The number of nitrogens with one attached hydrogen (secondary N) is 1. The van der Waals surface area contributed by atoms with E-state index in [4.69, 9.17) is 4.74 Å². The Morgan fingerprint density at radius 3 is 2.76 bits per heavy atom. The smallest absolute Gasteiger partial charge is 0.119 e. The second kappa shape index (κ2) is 8.13. The maximum absolute atomic E-state index is 5.76. The topological polar surface area (TPSA) is 21.3 Å². The lowest BCUT2D eigenvalue weighted by atomic mass is 10.1. The van der Waals surface area contributed by atoms with Crippen LogP contribution in [0.15, 0.2) is 24.3 Å². The molecule has 0 amide bonds. The number of aryl methyl sites for hydroxylation is 1. The van der Waals surface area contributed by atoms with Gasteiger partial charge < -0.3 is 10.1 Å². The van der Waals surface area contributed by atoms with Gasteiger partial charge in [-0.25, -0.2) is 0 Å². The highest BCUT2D eigenvalue weighted by Crippen LogP contribution is 2.13. The molecule has 0 fully saturated rings. The Morgan fingerprint density at radius 2 is 2.12 bits per heavy atom. The largest absolute Gasteiger partial charge is 0.494 e. The van der Waals surface area contributed by atoms with Gasteiger partial charge in [0.25, 0.3) is 0 Å². The van der Waals surface area contributed by atoms with Crippen LogP contribution < -0.4 is 10.1 Å². The molecule has 0 bridgehead atoms. The van der Waals surface area contributed by atoms with Gasteiger partial charge in [-0.3, -0.25) is 0 Å². The number of hydrogen-bond acceptors (Lipinski definition) is 2. The van der Waals surface area contributed by atoms with Crippen molar-refractivity contribution < 1.29 is 4.74 Å². The van der Waals surface area contributed by atoms with Crippen molar-refractivity contribution in [2.24, 2.45) is 0 Å². The molecule has 96 valence electrons. The summed E-state index contributed by atoms with van der Waals surface area (Å²) >= 11 is 0. The van der Waals surface area contributed by atoms with Crippen molar-refractivity contribution in [1.82, 2.24) is 5.32 Å². The summed E-state index contributed by atoms with van der Waals surface area (Å²) in [6.07, 6.45) is 4.86. The summed E-state index contributed by atoms with van der Waals surface area (Å²) < 4.78 is 5.76. The van der Waals surface area contributed by atoms with Crippen LogP contribution in [0.3, 0.4) is 0 Å². The Kier molecular flexibility index (Phi) is 6.71. The zero-order valence-electron chi connectivity index (χ0n) is 11.3. The fourth-order valence-corrected chi connectivity index (χ4v) is 1.91. The van der Waals surface area contributed by atoms with Crippen molar-refractivity contribution in [3.8, 4) is 5.75 Å². The van der Waals surface area contributed by atoms with Crippen LogP contribution in [0.4, 0.5) is 0 Å². The van der Waals surface area contributed by atoms with Crippen LogP contribution in [0.5, 0.6) is 5.75 Å². The molecule has 17 heavy (non-hydrogen) atoms. The standard InChI is InChI=1S/C15H25NO/c1-4-5-8-14(16-3)10-11-17-15-9-6-7-13(2)12-15/h6-7,9,12,14,16H,4-5,8,10-11H2,1-3H3. The Hall–Kier alpha value is -1.02. The van der Waals surface area contributed by atoms with Gasteiger partial charge in [-0.1, -0.05) is 31.9 Å². The quantitative estimate of drug-likeness (QED) is 0.744. The third-order valence-corrected chi connectivity index (χ3v) is 3.04. The van der Waals surface area contributed by atoms with Gasteiger partial charge in [0, 0.05) is 6.04 Å². The van der Waals surface area contributed by atoms with Crippen molar-refractivity contribution in [2.75, 3.05) is 13.7 Å². The van der Waals surface area contributed by atoms with E-state index in [0.29, 0.717) is 6.04 Å². The second-order valence-corrected chi connectivity index (χ2v) is 4.58. The van der Waals surface area contributed by atoms with Crippen LogP contribution in [0.25, 0.3) is 0 Å². The number of benzene rings is 1. The van der Waals surface area contributed by atoms with Crippen molar-refractivity contribution >= 4 is 0 Å². The Bertz CT molecular complexity index is 312. The van der Waals surface area contributed by atoms with Crippen LogP contribution in [0, 0.1) is 6.92 Å². The number of rotatable bonds is 8. The lowest BCUT2D eigenvalue weighted by molar-refractivity contribution is 0.283. The maximum atomic E-state index is 5.76. The van der Waals surface area contributed by atoms with Crippen molar-refractivity contribution in [3.63, 3.8) is 0 Å². The molecule has 0 saturated heterocycles. The first kappa shape index (κ1) is 14.0. The predicted octanol–water partition coefficient (Wildman–Crippen LogP) is 3.54.